The summed E-state index contributed by atoms with van der Waals surface area (Å²) in [4.78, 5) is 31.7. The molecule has 180 valence electrons. The number of carbonyl (C=O) groups is 2. The zero-order valence-electron chi connectivity index (χ0n) is 20.5. The highest BCUT2D eigenvalue weighted by molar-refractivity contribution is 6.46. The molecule has 7 nitrogen and oxygen atoms in total. The van der Waals surface area contributed by atoms with Crippen molar-refractivity contribution in [1.82, 2.24) is 9.80 Å². The van der Waals surface area contributed by atoms with Crippen LogP contribution in [0.15, 0.2) is 60.7 Å². The molecule has 0 spiro atoms. The average Bonchev–Trinajstić information content (AvgIpc) is 3.06. The first-order valence-electron chi connectivity index (χ1n) is 11.2. The molecule has 1 N–H and O–H groups in total. The van der Waals surface area contributed by atoms with E-state index in [2.05, 4.69) is 6.58 Å². The molecule has 2 aromatic rings. The number of aliphatic hydroxyl groups excluding tert-OH is 1. The smallest absolute Gasteiger partial charge is 0.295 e. The topological polar surface area (TPSA) is 73.3 Å². The molecule has 0 radical (unpaired) electrons. The first kappa shape index (κ1) is 25.1. The lowest BCUT2D eigenvalue weighted by molar-refractivity contribution is -0.140. The summed E-state index contributed by atoms with van der Waals surface area (Å²) < 4.78 is 5.62. The summed E-state index contributed by atoms with van der Waals surface area (Å²) in [6.45, 7) is 6.84. The summed E-state index contributed by atoms with van der Waals surface area (Å²) in [7, 11) is 7.72. The van der Waals surface area contributed by atoms with E-state index in [4.69, 9.17) is 4.74 Å². The number of likely N-dealkylation sites (tertiary alicyclic amines) is 1. The molecule has 1 aliphatic heterocycles. The van der Waals surface area contributed by atoms with Gasteiger partial charge in [-0.25, -0.2) is 0 Å². The van der Waals surface area contributed by atoms with Crippen LogP contribution in [0.4, 0.5) is 5.69 Å². The van der Waals surface area contributed by atoms with E-state index < -0.39 is 17.7 Å². The number of rotatable bonds is 9. The predicted molar refractivity (Wildman–Crippen MR) is 135 cm³/mol. The minimum absolute atomic E-state index is 0.0977. The second-order valence-corrected chi connectivity index (χ2v) is 8.86. The summed E-state index contributed by atoms with van der Waals surface area (Å²) in [5, 5.41) is 11.3. The van der Waals surface area contributed by atoms with Crippen LogP contribution in [-0.2, 0) is 9.59 Å². The summed E-state index contributed by atoms with van der Waals surface area (Å²) in [6.07, 6.45) is 1.66. The summed E-state index contributed by atoms with van der Waals surface area (Å²) >= 11 is 0. The van der Waals surface area contributed by atoms with Crippen molar-refractivity contribution in [3.05, 3.63) is 77.4 Å². The van der Waals surface area contributed by atoms with Gasteiger partial charge < -0.3 is 24.5 Å². The lowest BCUT2D eigenvalue weighted by Gasteiger charge is -2.27. The van der Waals surface area contributed by atoms with Crippen molar-refractivity contribution in [3.8, 4) is 5.75 Å². The largest absolute Gasteiger partial charge is 0.507 e. The molecular weight excluding hydrogens is 430 g/mol. The van der Waals surface area contributed by atoms with Crippen LogP contribution in [-0.4, -0.2) is 74.5 Å². The van der Waals surface area contributed by atoms with Crippen LogP contribution >= 0.6 is 0 Å². The molecule has 0 saturated carbocycles. The molecule has 3 rings (SSSR count). The maximum Gasteiger partial charge on any atom is 0.295 e. The highest BCUT2D eigenvalue weighted by Crippen LogP contribution is 2.40. The van der Waals surface area contributed by atoms with Gasteiger partial charge in [-0.15, -0.1) is 0 Å². The summed E-state index contributed by atoms with van der Waals surface area (Å²) in [5.41, 5.74) is 3.14. The minimum atomic E-state index is -0.678. The number of Topliss-reactive ketones (excluding diaryl/α,β-unsaturated/α-hetero) is 1. The molecule has 2 aromatic carbocycles. The van der Waals surface area contributed by atoms with Crippen LogP contribution in [0.3, 0.4) is 0 Å². The second kappa shape index (κ2) is 10.6. The van der Waals surface area contributed by atoms with E-state index in [0.717, 1.165) is 16.8 Å². The first-order valence-corrected chi connectivity index (χ1v) is 11.2. The van der Waals surface area contributed by atoms with Crippen LogP contribution in [0, 0.1) is 6.92 Å². The maximum absolute atomic E-state index is 13.2. The van der Waals surface area contributed by atoms with Crippen LogP contribution in [0.25, 0.3) is 5.76 Å². The number of benzene rings is 2. The molecule has 0 aliphatic carbocycles. The fourth-order valence-corrected chi connectivity index (χ4v) is 3.98. The Bertz CT molecular complexity index is 1100. The van der Waals surface area contributed by atoms with Gasteiger partial charge in [0.15, 0.2) is 0 Å². The van der Waals surface area contributed by atoms with Gasteiger partial charge in [-0.05, 0) is 62.5 Å². The number of nitrogens with zero attached hydrogens (tertiary/aromatic N) is 3. The molecule has 1 atom stereocenters. The fraction of sp³-hybridized carbons (Fsp3) is 0.333. The monoisotopic (exact) mass is 463 g/mol. The van der Waals surface area contributed by atoms with Gasteiger partial charge in [-0.1, -0.05) is 24.8 Å². The third-order valence-corrected chi connectivity index (χ3v) is 5.86. The number of likely N-dealkylation sites (N-methyl/N-ethyl adjacent to an activating group) is 1. The van der Waals surface area contributed by atoms with E-state index >= 15 is 0 Å². The molecule has 1 unspecified atom stereocenters. The predicted octanol–water partition coefficient (Wildman–Crippen LogP) is 3.61. The molecule has 7 heteroatoms. The SMILES string of the molecule is C=CCOc1ccc(/C(O)=C2\C(=O)C(=O)N(CCN(C)C)C2c2ccc(N(C)C)cc2)cc1C. The Kier molecular flexibility index (Phi) is 7.79. The third-order valence-electron chi connectivity index (χ3n) is 5.86. The molecule has 1 saturated heterocycles. The van der Waals surface area contributed by atoms with Crippen molar-refractivity contribution in [1.29, 1.82) is 0 Å². The van der Waals surface area contributed by atoms with Gasteiger partial charge in [0.1, 0.15) is 18.1 Å². The van der Waals surface area contributed by atoms with E-state index in [1.807, 2.05) is 69.2 Å². The number of ether oxygens (including phenoxy) is 1. The van der Waals surface area contributed by atoms with Gasteiger partial charge in [0.05, 0.1) is 11.6 Å². The van der Waals surface area contributed by atoms with Gasteiger partial charge in [-0.3, -0.25) is 9.59 Å². The molecule has 0 bridgehead atoms. The number of ketones is 1. The van der Waals surface area contributed by atoms with Crippen LogP contribution < -0.4 is 9.64 Å². The summed E-state index contributed by atoms with van der Waals surface area (Å²) in [5.74, 6) is -0.806. The maximum atomic E-state index is 13.2. The standard InChI is InChI=1S/C27H33N3O4/c1-7-16-34-22-13-10-20(17-18(22)2)25(31)23-24(19-8-11-21(12-9-19)29(5)6)30(15-14-28(3)4)27(33)26(23)32/h7-13,17,24,31H,1,14-16H2,2-6H3/b25-23+. The molecule has 34 heavy (non-hydrogen) atoms. The summed E-state index contributed by atoms with van der Waals surface area (Å²) in [6, 6.07) is 12.2. The van der Waals surface area contributed by atoms with Crippen molar-refractivity contribution < 1.29 is 19.4 Å². The second-order valence-electron chi connectivity index (χ2n) is 8.86. The van der Waals surface area contributed by atoms with Crippen molar-refractivity contribution in [2.75, 3.05) is 52.8 Å². The Balaban J connectivity index is 2.10. The van der Waals surface area contributed by atoms with Gasteiger partial charge in [0.25, 0.3) is 11.7 Å². The lowest BCUT2D eigenvalue weighted by Crippen LogP contribution is -2.35. The lowest BCUT2D eigenvalue weighted by atomic mass is 9.94. The van der Waals surface area contributed by atoms with Crippen LogP contribution in [0.5, 0.6) is 5.75 Å². The Labute approximate surface area is 201 Å². The number of carbonyl (C=O) groups excluding carboxylic acids is 2. The molecule has 1 fully saturated rings. The van der Waals surface area contributed by atoms with E-state index in [1.54, 1.807) is 29.2 Å². The normalized spacial score (nSPS) is 17.4. The molecular formula is C27H33N3O4. The number of anilines is 1. The Hall–Kier alpha value is -3.58. The van der Waals surface area contributed by atoms with Gasteiger partial charge in [0, 0.05) is 38.4 Å². The highest BCUT2D eigenvalue weighted by atomic mass is 16.5. The van der Waals surface area contributed by atoms with E-state index in [1.165, 1.54) is 0 Å². The van der Waals surface area contributed by atoms with Crippen molar-refractivity contribution in [2.24, 2.45) is 0 Å². The van der Waals surface area contributed by atoms with Gasteiger partial charge >= 0.3 is 0 Å². The zero-order valence-corrected chi connectivity index (χ0v) is 20.5. The molecule has 1 heterocycles. The van der Waals surface area contributed by atoms with E-state index in [-0.39, 0.29) is 11.3 Å². The molecule has 0 aromatic heterocycles. The van der Waals surface area contributed by atoms with Crippen LogP contribution in [0.1, 0.15) is 22.7 Å². The fourth-order valence-electron chi connectivity index (χ4n) is 3.98. The van der Waals surface area contributed by atoms with E-state index in [9.17, 15) is 14.7 Å². The number of hydrogen-bond acceptors (Lipinski definition) is 6. The molecule has 1 amide bonds. The van der Waals surface area contributed by atoms with Crippen LogP contribution in [0.2, 0.25) is 0 Å². The number of amides is 1. The number of aliphatic hydroxyl groups is 1. The Morgan fingerprint density at radius 1 is 1.12 bits per heavy atom. The van der Waals surface area contributed by atoms with Crippen molar-refractivity contribution >= 4 is 23.1 Å². The quantitative estimate of drug-likeness (QED) is 0.265. The third kappa shape index (κ3) is 5.15. The Morgan fingerprint density at radius 3 is 2.35 bits per heavy atom. The van der Waals surface area contributed by atoms with Crippen molar-refractivity contribution in [3.63, 3.8) is 0 Å². The average molecular weight is 464 g/mol. The highest BCUT2D eigenvalue weighted by Gasteiger charge is 2.45. The Morgan fingerprint density at radius 2 is 1.79 bits per heavy atom. The molecule has 1 aliphatic rings. The minimum Gasteiger partial charge on any atom is -0.507 e. The number of hydrogen-bond donors (Lipinski definition) is 1. The number of aryl methyl sites for hydroxylation is 1. The first-order chi connectivity index (χ1) is 16.1. The van der Waals surface area contributed by atoms with Gasteiger partial charge in [0.2, 0.25) is 0 Å². The van der Waals surface area contributed by atoms with E-state index in [0.29, 0.717) is 31.0 Å². The van der Waals surface area contributed by atoms with Gasteiger partial charge in [-0.2, -0.15) is 0 Å². The zero-order chi connectivity index (χ0) is 25.0. The van der Waals surface area contributed by atoms with Crippen molar-refractivity contribution in [2.45, 2.75) is 13.0 Å².